The molecule has 0 fully saturated rings. The minimum absolute atomic E-state index is 0.167. The molecule has 0 aromatic heterocycles. The van der Waals surface area contributed by atoms with Gasteiger partial charge in [0.2, 0.25) is 0 Å². The Hall–Kier alpha value is -0.610. The van der Waals surface area contributed by atoms with Crippen LogP contribution in [-0.2, 0) is 4.74 Å². The maximum atomic E-state index is 13.1. The van der Waals surface area contributed by atoms with Gasteiger partial charge < -0.3 is 10.1 Å². The lowest BCUT2D eigenvalue weighted by Gasteiger charge is -2.14. The van der Waals surface area contributed by atoms with Crippen molar-refractivity contribution in [3.63, 3.8) is 0 Å². The molecule has 1 aromatic carbocycles. The molecule has 0 radical (unpaired) electrons. The van der Waals surface area contributed by atoms with Gasteiger partial charge in [0, 0.05) is 18.8 Å². The van der Waals surface area contributed by atoms with Crippen molar-refractivity contribution in [2.24, 2.45) is 0 Å². The normalized spacial score (nSPS) is 12.6. The standard InChI is InChI=1S/C10H13BrFNO/c1-7(6-14-2)13-8-3-4-9(11)10(12)5-8/h3-5,7,13H,6H2,1-2H3/t7-/m0/s1. The van der Waals surface area contributed by atoms with Gasteiger partial charge in [0.1, 0.15) is 5.82 Å². The molecular formula is C10H13BrFNO. The summed E-state index contributed by atoms with van der Waals surface area (Å²) in [5, 5.41) is 3.12. The minimum Gasteiger partial charge on any atom is -0.383 e. The van der Waals surface area contributed by atoms with Crippen molar-refractivity contribution in [3.8, 4) is 0 Å². The zero-order valence-corrected chi connectivity index (χ0v) is 9.77. The fourth-order valence-corrected chi connectivity index (χ4v) is 1.41. The molecule has 1 N–H and O–H groups in total. The van der Waals surface area contributed by atoms with E-state index >= 15 is 0 Å². The molecule has 0 bridgehead atoms. The number of rotatable bonds is 4. The fourth-order valence-electron chi connectivity index (χ4n) is 1.16. The van der Waals surface area contributed by atoms with Crippen molar-refractivity contribution in [3.05, 3.63) is 28.5 Å². The van der Waals surface area contributed by atoms with Gasteiger partial charge >= 0.3 is 0 Å². The Kier molecular flexibility index (Phi) is 4.35. The summed E-state index contributed by atoms with van der Waals surface area (Å²) in [7, 11) is 1.64. The lowest BCUT2D eigenvalue weighted by atomic mass is 10.2. The number of methoxy groups -OCH3 is 1. The van der Waals surface area contributed by atoms with E-state index in [4.69, 9.17) is 4.74 Å². The van der Waals surface area contributed by atoms with Gasteiger partial charge in [-0.2, -0.15) is 0 Å². The summed E-state index contributed by atoms with van der Waals surface area (Å²) < 4.78 is 18.5. The molecule has 4 heteroatoms. The smallest absolute Gasteiger partial charge is 0.139 e. The molecule has 2 nitrogen and oxygen atoms in total. The Morgan fingerprint density at radius 3 is 2.86 bits per heavy atom. The molecule has 0 aliphatic heterocycles. The second-order valence-corrected chi connectivity index (χ2v) is 3.98. The molecule has 0 saturated heterocycles. The van der Waals surface area contributed by atoms with Gasteiger partial charge in [0.25, 0.3) is 0 Å². The third-order valence-corrected chi connectivity index (χ3v) is 2.39. The largest absolute Gasteiger partial charge is 0.383 e. The lowest BCUT2D eigenvalue weighted by molar-refractivity contribution is 0.190. The molecule has 14 heavy (non-hydrogen) atoms. The molecular weight excluding hydrogens is 249 g/mol. The van der Waals surface area contributed by atoms with Crippen LogP contribution < -0.4 is 5.32 Å². The summed E-state index contributed by atoms with van der Waals surface area (Å²) in [6.07, 6.45) is 0. The van der Waals surface area contributed by atoms with Crippen LogP contribution in [0.4, 0.5) is 10.1 Å². The summed E-state index contributed by atoms with van der Waals surface area (Å²) in [5.74, 6) is -0.264. The van der Waals surface area contributed by atoms with Crippen molar-refractivity contribution in [2.45, 2.75) is 13.0 Å². The first-order chi connectivity index (χ1) is 6.63. The van der Waals surface area contributed by atoms with Gasteiger partial charge in [-0.05, 0) is 41.1 Å². The molecule has 1 aromatic rings. The maximum absolute atomic E-state index is 13.1. The highest BCUT2D eigenvalue weighted by Crippen LogP contribution is 2.19. The first-order valence-corrected chi connectivity index (χ1v) is 5.13. The molecule has 0 aliphatic carbocycles. The SMILES string of the molecule is COC[C@H](C)Nc1ccc(Br)c(F)c1. The molecule has 0 unspecified atom stereocenters. The monoisotopic (exact) mass is 261 g/mol. The average molecular weight is 262 g/mol. The molecule has 1 atom stereocenters. The van der Waals surface area contributed by atoms with Gasteiger partial charge in [0.15, 0.2) is 0 Å². The Morgan fingerprint density at radius 2 is 2.29 bits per heavy atom. The highest BCUT2D eigenvalue weighted by molar-refractivity contribution is 9.10. The first kappa shape index (κ1) is 11.5. The van der Waals surface area contributed by atoms with Gasteiger partial charge in [-0.15, -0.1) is 0 Å². The molecule has 0 spiro atoms. The van der Waals surface area contributed by atoms with Gasteiger partial charge in [-0.3, -0.25) is 0 Å². The second-order valence-electron chi connectivity index (χ2n) is 3.13. The topological polar surface area (TPSA) is 21.3 Å². The maximum Gasteiger partial charge on any atom is 0.139 e. The van der Waals surface area contributed by atoms with E-state index in [-0.39, 0.29) is 11.9 Å². The van der Waals surface area contributed by atoms with Gasteiger partial charge in [0.05, 0.1) is 11.1 Å². The van der Waals surface area contributed by atoms with Crippen molar-refractivity contribution < 1.29 is 9.13 Å². The van der Waals surface area contributed by atoms with Crippen LogP contribution in [0.25, 0.3) is 0 Å². The summed E-state index contributed by atoms with van der Waals surface area (Å²) in [5.41, 5.74) is 0.759. The highest BCUT2D eigenvalue weighted by atomic mass is 79.9. The summed E-state index contributed by atoms with van der Waals surface area (Å²) in [6, 6.07) is 5.12. The third-order valence-electron chi connectivity index (χ3n) is 1.75. The molecule has 1 rings (SSSR count). The van der Waals surface area contributed by atoms with Crippen LogP contribution in [0.2, 0.25) is 0 Å². The van der Waals surface area contributed by atoms with Crippen molar-refractivity contribution >= 4 is 21.6 Å². The highest BCUT2D eigenvalue weighted by Gasteiger charge is 2.03. The van der Waals surface area contributed by atoms with E-state index in [0.717, 1.165) is 5.69 Å². The summed E-state index contributed by atoms with van der Waals surface area (Å²) in [6.45, 7) is 2.57. The molecule has 0 amide bonds. The van der Waals surface area contributed by atoms with E-state index in [0.29, 0.717) is 11.1 Å². The lowest BCUT2D eigenvalue weighted by Crippen LogP contribution is -2.20. The number of halogens is 2. The Morgan fingerprint density at radius 1 is 1.57 bits per heavy atom. The number of nitrogens with one attached hydrogen (secondary N) is 1. The van der Waals surface area contributed by atoms with Crippen molar-refractivity contribution in [1.29, 1.82) is 0 Å². The zero-order chi connectivity index (χ0) is 10.6. The predicted octanol–water partition coefficient (Wildman–Crippen LogP) is 3.04. The zero-order valence-electron chi connectivity index (χ0n) is 8.18. The van der Waals surface area contributed by atoms with Crippen LogP contribution in [0.1, 0.15) is 6.92 Å². The Balaban J connectivity index is 2.63. The predicted molar refractivity (Wildman–Crippen MR) is 59.1 cm³/mol. The summed E-state index contributed by atoms with van der Waals surface area (Å²) in [4.78, 5) is 0. The van der Waals surface area contributed by atoms with Crippen molar-refractivity contribution in [2.75, 3.05) is 19.0 Å². The van der Waals surface area contributed by atoms with Crippen LogP contribution in [-0.4, -0.2) is 19.8 Å². The third kappa shape index (κ3) is 3.27. The average Bonchev–Trinajstić information content (AvgIpc) is 2.12. The summed E-state index contributed by atoms with van der Waals surface area (Å²) >= 11 is 3.10. The number of ether oxygens (including phenoxy) is 1. The van der Waals surface area contributed by atoms with E-state index in [1.165, 1.54) is 6.07 Å². The number of hydrogen-bond acceptors (Lipinski definition) is 2. The number of benzene rings is 1. The Labute approximate surface area is 91.6 Å². The molecule has 78 valence electrons. The second kappa shape index (κ2) is 5.32. The van der Waals surface area contributed by atoms with Crippen LogP contribution in [0.3, 0.4) is 0 Å². The minimum atomic E-state index is -0.264. The first-order valence-electron chi connectivity index (χ1n) is 4.34. The number of anilines is 1. The van der Waals surface area contributed by atoms with Crippen LogP contribution in [0.5, 0.6) is 0 Å². The molecule has 0 heterocycles. The Bertz CT molecular complexity index is 306. The van der Waals surface area contributed by atoms with E-state index < -0.39 is 0 Å². The van der Waals surface area contributed by atoms with Gasteiger partial charge in [-0.1, -0.05) is 0 Å². The number of hydrogen-bond donors (Lipinski definition) is 1. The van der Waals surface area contributed by atoms with Gasteiger partial charge in [-0.25, -0.2) is 4.39 Å². The molecule has 0 aliphatic rings. The van der Waals surface area contributed by atoms with Crippen LogP contribution >= 0.6 is 15.9 Å². The van der Waals surface area contributed by atoms with Crippen LogP contribution in [0, 0.1) is 5.82 Å². The fraction of sp³-hybridized carbons (Fsp3) is 0.400. The van der Waals surface area contributed by atoms with E-state index in [1.807, 2.05) is 13.0 Å². The van der Waals surface area contributed by atoms with E-state index in [2.05, 4.69) is 21.2 Å². The van der Waals surface area contributed by atoms with Crippen LogP contribution in [0.15, 0.2) is 22.7 Å². The molecule has 0 saturated carbocycles. The quantitative estimate of drug-likeness (QED) is 0.900. The van der Waals surface area contributed by atoms with E-state index in [1.54, 1.807) is 13.2 Å². The van der Waals surface area contributed by atoms with E-state index in [9.17, 15) is 4.39 Å². The van der Waals surface area contributed by atoms with Crippen molar-refractivity contribution in [1.82, 2.24) is 0 Å².